The van der Waals surface area contributed by atoms with Crippen LogP contribution in [0, 0.1) is 0 Å². The van der Waals surface area contributed by atoms with E-state index in [1.54, 1.807) is 0 Å². The lowest BCUT2D eigenvalue weighted by atomic mass is 9.95. The van der Waals surface area contributed by atoms with E-state index in [0.29, 0.717) is 6.42 Å². The highest BCUT2D eigenvalue weighted by atomic mass is 16.5. The van der Waals surface area contributed by atoms with Gasteiger partial charge in [0.05, 0.1) is 6.10 Å². The number of benzene rings is 2. The molecule has 0 saturated heterocycles. The van der Waals surface area contributed by atoms with Crippen molar-refractivity contribution in [3.05, 3.63) is 59.7 Å². The number of hydrogen-bond donors (Lipinski definition) is 1. The maximum Gasteiger partial charge on any atom is 0.127 e. The third-order valence-electron chi connectivity index (χ3n) is 3.77. The third kappa shape index (κ3) is 2.37. The summed E-state index contributed by atoms with van der Waals surface area (Å²) in [5.41, 5.74) is 3.14. The maximum absolute atomic E-state index is 10.2. The van der Waals surface area contributed by atoms with Gasteiger partial charge in [-0.25, -0.2) is 0 Å². The Balaban J connectivity index is 1.86. The van der Waals surface area contributed by atoms with Crippen molar-refractivity contribution >= 4 is 5.69 Å². The first-order valence-corrected chi connectivity index (χ1v) is 6.86. The Labute approximate surface area is 119 Å². The second-order valence-electron chi connectivity index (χ2n) is 5.38. The van der Waals surface area contributed by atoms with Gasteiger partial charge in [-0.1, -0.05) is 30.3 Å². The Morgan fingerprint density at radius 2 is 1.75 bits per heavy atom. The van der Waals surface area contributed by atoms with Gasteiger partial charge in [0, 0.05) is 31.8 Å². The van der Waals surface area contributed by atoms with E-state index in [2.05, 4.69) is 29.2 Å². The van der Waals surface area contributed by atoms with Gasteiger partial charge in [0.1, 0.15) is 11.9 Å². The second kappa shape index (κ2) is 5.17. The van der Waals surface area contributed by atoms with E-state index in [9.17, 15) is 5.11 Å². The Morgan fingerprint density at radius 3 is 2.45 bits per heavy atom. The summed E-state index contributed by atoms with van der Waals surface area (Å²) < 4.78 is 6.02. The van der Waals surface area contributed by atoms with E-state index in [1.165, 1.54) is 0 Å². The molecule has 0 saturated carbocycles. The molecule has 1 N–H and O–H groups in total. The van der Waals surface area contributed by atoms with Crippen molar-refractivity contribution in [1.29, 1.82) is 0 Å². The van der Waals surface area contributed by atoms with Gasteiger partial charge in [-0.05, 0) is 23.8 Å². The van der Waals surface area contributed by atoms with Crippen molar-refractivity contribution in [3.8, 4) is 5.75 Å². The van der Waals surface area contributed by atoms with Gasteiger partial charge in [-0.2, -0.15) is 0 Å². The molecule has 20 heavy (non-hydrogen) atoms. The molecule has 3 heteroatoms. The van der Waals surface area contributed by atoms with Crippen molar-refractivity contribution in [1.82, 2.24) is 0 Å². The molecule has 0 spiro atoms. The number of rotatable bonds is 2. The van der Waals surface area contributed by atoms with Crippen LogP contribution in [0.1, 0.15) is 29.8 Å². The first-order valence-electron chi connectivity index (χ1n) is 6.86. The summed E-state index contributed by atoms with van der Waals surface area (Å²) in [5, 5.41) is 10.2. The zero-order valence-electron chi connectivity index (χ0n) is 11.8. The number of aliphatic hydroxyl groups excluding tert-OH is 1. The largest absolute Gasteiger partial charge is 0.485 e. The first-order chi connectivity index (χ1) is 9.65. The SMILES string of the molecule is CN(C)c1ccc(C2CC(O)c3ccccc3O2)cc1. The van der Waals surface area contributed by atoms with Crippen molar-refractivity contribution in [2.45, 2.75) is 18.6 Å². The number of nitrogens with zero attached hydrogens (tertiary/aromatic N) is 1. The monoisotopic (exact) mass is 269 g/mol. The van der Waals surface area contributed by atoms with Crippen LogP contribution in [0.5, 0.6) is 5.75 Å². The smallest absolute Gasteiger partial charge is 0.127 e. The minimum absolute atomic E-state index is 0.0869. The normalized spacial score (nSPS) is 20.9. The molecule has 0 fully saturated rings. The molecule has 0 radical (unpaired) electrons. The van der Waals surface area contributed by atoms with Gasteiger partial charge in [0.2, 0.25) is 0 Å². The summed E-state index contributed by atoms with van der Waals surface area (Å²) in [7, 11) is 4.04. The highest BCUT2D eigenvalue weighted by molar-refractivity contribution is 5.47. The minimum atomic E-state index is -0.460. The summed E-state index contributed by atoms with van der Waals surface area (Å²) in [4.78, 5) is 2.07. The molecule has 3 nitrogen and oxygen atoms in total. The van der Waals surface area contributed by atoms with E-state index < -0.39 is 6.10 Å². The van der Waals surface area contributed by atoms with Crippen LogP contribution in [0.3, 0.4) is 0 Å². The van der Waals surface area contributed by atoms with Crippen LogP contribution in [-0.4, -0.2) is 19.2 Å². The molecule has 1 heterocycles. The lowest BCUT2D eigenvalue weighted by Crippen LogP contribution is -2.19. The fourth-order valence-electron chi connectivity index (χ4n) is 2.59. The van der Waals surface area contributed by atoms with E-state index in [0.717, 1.165) is 22.6 Å². The fraction of sp³-hybridized carbons (Fsp3) is 0.294. The molecule has 0 amide bonds. The van der Waals surface area contributed by atoms with Gasteiger partial charge < -0.3 is 14.7 Å². The third-order valence-corrected chi connectivity index (χ3v) is 3.77. The quantitative estimate of drug-likeness (QED) is 0.908. The maximum atomic E-state index is 10.2. The number of fused-ring (bicyclic) bond motifs is 1. The molecule has 1 aliphatic heterocycles. The standard InChI is InChI=1S/C17H19NO2/c1-18(2)13-9-7-12(8-10-13)17-11-15(19)14-5-3-4-6-16(14)20-17/h3-10,15,17,19H,11H2,1-2H3. The minimum Gasteiger partial charge on any atom is -0.485 e. The van der Waals surface area contributed by atoms with Crippen LogP contribution < -0.4 is 9.64 Å². The fourth-order valence-corrected chi connectivity index (χ4v) is 2.59. The summed E-state index contributed by atoms with van der Waals surface area (Å²) in [6, 6.07) is 16.0. The van der Waals surface area contributed by atoms with Gasteiger partial charge in [0.15, 0.2) is 0 Å². The molecule has 0 aliphatic carbocycles. The molecule has 2 aromatic rings. The Morgan fingerprint density at radius 1 is 1.05 bits per heavy atom. The van der Waals surface area contributed by atoms with Gasteiger partial charge in [-0.15, -0.1) is 0 Å². The molecule has 104 valence electrons. The molecule has 2 unspecified atom stereocenters. The number of aliphatic hydroxyl groups is 1. The number of para-hydroxylation sites is 1. The molecule has 3 rings (SSSR count). The number of ether oxygens (including phenoxy) is 1. The van der Waals surface area contributed by atoms with Crippen molar-refractivity contribution in [2.75, 3.05) is 19.0 Å². The number of anilines is 1. The number of hydrogen-bond acceptors (Lipinski definition) is 3. The highest BCUT2D eigenvalue weighted by Crippen LogP contribution is 2.40. The predicted octanol–water partition coefficient (Wildman–Crippen LogP) is 3.31. The Bertz CT molecular complexity index is 592. The summed E-state index contributed by atoms with van der Waals surface area (Å²) in [6.45, 7) is 0. The summed E-state index contributed by atoms with van der Waals surface area (Å²) >= 11 is 0. The Hall–Kier alpha value is -2.00. The highest BCUT2D eigenvalue weighted by Gasteiger charge is 2.27. The Kier molecular flexibility index (Phi) is 3.36. The van der Waals surface area contributed by atoms with Crippen LogP contribution in [0.15, 0.2) is 48.5 Å². The van der Waals surface area contributed by atoms with E-state index in [4.69, 9.17) is 4.74 Å². The van der Waals surface area contributed by atoms with Crippen molar-refractivity contribution < 1.29 is 9.84 Å². The molecule has 0 aromatic heterocycles. The lowest BCUT2D eigenvalue weighted by molar-refractivity contribution is 0.0657. The first kappa shape index (κ1) is 13.0. The van der Waals surface area contributed by atoms with E-state index in [-0.39, 0.29) is 6.10 Å². The van der Waals surface area contributed by atoms with E-state index >= 15 is 0 Å². The van der Waals surface area contributed by atoms with Gasteiger partial charge >= 0.3 is 0 Å². The molecular weight excluding hydrogens is 250 g/mol. The molecule has 2 aromatic carbocycles. The average Bonchev–Trinajstić information content (AvgIpc) is 2.47. The van der Waals surface area contributed by atoms with Crippen LogP contribution in [0.2, 0.25) is 0 Å². The average molecular weight is 269 g/mol. The molecular formula is C17H19NO2. The second-order valence-corrected chi connectivity index (χ2v) is 5.38. The van der Waals surface area contributed by atoms with Crippen LogP contribution in [0.4, 0.5) is 5.69 Å². The van der Waals surface area contributed by atoms with Crippen molar-refractivity contribution in [2.24, 2.45) is 0 Å². The van der Waals surface area contributed by atoms with E-state index in [1.807, 2.05) is 38.4 Å². The summed E-state index contributed by atoms with van der Waals surface area (Å²) in [5.74, 6) is 0.785. The van der Waals surface area contributed by atoms with Crippen molar-refractivity contribution in [3.63, 3.8) is 0 Å². The topological polar surface area (TPSA) is 32.7 Å². The van der Waals surface area contributed by atoms with Crippen LogP contribution >= 0.6 is 0 Å². The zero-order valence-corrected chi connectivity index (χ0v) is 11.8. The molecule has 0 bridgehead atoms. The van der Waals surface area contributed by atoms with Crippen LogP contribution in [-0.2, 0) is 0 Å². The van der Waals surface area contributed by atoms with Crippen LogP contribution in [0.25, 0.3) is 0 Å². The zero-order chi connectivity index (χ0) is 14.1. The lowest BCUT2D eigenvalue weighted by Gasteiger charge is -2.30. The van der Waals surface area contributed by atoms with Gasteiger partial charge in [0.25, 0.3) is 0 Å². The molecule has 1 aliphatic rings. The predicted molar refractivity (Wildman–Crippen MR) is 80.2 cm³/mol. The summed E-state index contributed by atoms with van der Waals surface area (Å²) in [6.07, 6.45) is 0.0489. The van der Waals surface area contributed by atoms with Gasteiger partial charge in [-0.3, -0.25) is 0 Å². The molecule has 2 atom stereocenters.